The van der Waals surface area contributed by atoms with Crippen molar-refractivity contribution in [2.45, 2.75) is 47.3 Å². The Bertz CT molecular complexity index is 758. The van der Waals surface area contributed by atoms with Crippen LogP contribution >= 0.6 is 0 Å². The highest BCUT2D eigenvalue weighted by atomic mass is 16.5. The molecule has 0 amide bonds. The number of furan rings is 1. The van der Waals surface area contributed by atoms with Gasteiger partial charge in [0.1, 0.15) is 12.2 Å². The van der Waals surface area contributed by atoms with Crippen molar-refractivity contribution in [1.82, 2.24) is 9.78 Å². The zero-order valence-corrected chi connectivity index (χ0v) is 15.3. The molecule has 2 rings (SSSR count). The van der Waals surface area contributed by atoms with Crippen molar-refractivity contribution < 1.29 is 23.5 Å². The van der Waals surface area contributed by atoms with E-state index >= 15 is 0 Å². The predicted molar refractivity (Wildman–Crippen MR) is 90.1 cm³/mol. The molecule has 0 spiro atoms. The van der Waals surface area contributed by atoms with Crippen LogP contribution in [0.3, 0.4) is 0 Å². The van der Waals surface area contributed by atoms with Crippen molar-refractivity contribution in [1.29, 1.82) is 0 Å². The number of aromatic nitrogens is 2. The third-order valence-electron chi connectivity index (χ3n) is 3.91. The summed E-state index contributed by atoms with van der Waals surface area (Å²) in [5.41, 5.74) is 2.92. The lowest BCUT2D eigenvalue weighted by atomic mass is 10.1. The highest BCUT2D eigenvalue weighted by Gasteiger charge is 2.19. The molecule has 0 aliphatic carbocycles. The lowest BCUT2D eigenvalue weighted by Gasteiger charge is -2.08. The number of esters is 2. The molecule has 0 aliphatic rings. The van der Waals surface area contributed by atoms with Crippen molar-refractivity contribution in [3.05, 3.63) is 40.6 Å². The molecule has 0 aromatic carbocycles. The monoisotopic (exact) mass is 348 g/mol. The molecule has 0 fully saturated rings. The molecule has 2 aromatic heterocycles. The number of nitrogens with zero attached hydrogens (tertiary/aromatic N) is 2. The molecule has 0 saturated carbocycles. The predicted octanol–water partition coefficient (Wildman–Crippen LogP) is 2.82. The Kier molecular flexibility index (Phi) is 6.01. The van der Waals surface area contributed by atoms with Crippen LogP contribution in [0.4, 0.5) is 0 Å². The molecule has 2 aromatic rings. The van der Waals surface area contributed by atoms with E-state index < -0.39 is 11.9 Å². The summed E-state index contributed by atoms with van der Waals surface area (Å²) >= 11 is 0. The molecular weight excluding hydrogens is 324 g/mol. The van der Waals surface area contributed by atoms with Gasteiger partial charge < -0.3 is 13.9 Å². The lowest BCUT2D eigenvalue weighted by molar-refractivity contribution is -0.144. The second-order valence-corrected chi connectivity index (χ2v) is 6.31. The zero-order valence-electron chi connectivity index (χ0n) is 15.3. The quantitative estimate of drug-likeness (QED) is 0.716. The maximum absolute atomic E-state index is 12.2. The fourth-order valence-corrected chi connectivity index (χ4v) is 2.60. The van der Waals surface area contributed by atoms with E-state index in [1.54, 1.807) is 0 Å². The molecular formula is C18H24N2O5. The highest BCUT2D eigenvalue weighted by molar-refractivity contribution is 5.90. The van der Waals surface area contributed by atoms with Crippen molar-refractivity contribution >= 4 is 11.9 Å². The van der Waals surface area contributed by atoms with E-state index in [2.05, 4.69) is 23.7 Å². The van der Waals surface area contributed by atoms with E-state index in [1.807, 2.05) is 18.5 Å². The third-order valence-corrected chi connectivity index (χ3v) is 3.91. The number of carbonyl (C=O) groups is 2. The van der Waals surface area contributed by atoms with Crippen LogP contribution in [0.15, 0.2) is 16.7 Å². The van der Waals surface area contributed by atoms with Gasteiger partial charge in [-0.2, -0.15) is 5.10 Å². The summed E-state index contributed by atoms with van der Waals surface area (Å²) in [6, 6.07) is 1.49. The van der Waals surface area contributed by atoms with Gasteiger partial charge in [0.25, 0.3) is 0 Å². The molecule has 7 nitrogen and oxygen atoms in total. The second kappa shape index (κ2) is 8.00. The minimum absolute atomic E-state index is 0.117. The van der Waals surface area contributed by atoms with Crippen LogP contribution in [-0.2, 0) is 33.8 Å². The zero-order chi connectivity index (χ0) is 18.6. The largest absolute Gasteiger partial charge is 0.465 e. The molecule has 0 unspecified atom stereocenters. The summed E-state index contributed by atoms with van der Waals surface area (Å²) in [5, 5.41) is 4.49. The Morgan fingerprint density at radius 3 is 2.68 bits per heavy atom. The average Bonchev–Trinajstić information content (AvgIpc) is 3.12. The van der Waals surface area contributed by atoms with Gasteiger partial charge >= 0.3 is 11.9 Å². The standard InChI is InChI=1S/C18H24N2O5/c1-11(2)9-20-13(4)15(12(3)19-20)8-17(21)25-10-16-14(6-7-24-16)18(22)23-5/h6-7,11H,8-10H2,1-5H3. The van der Waals surface area contributed by atoms with E-state index in [0.29, 0.717) is 5.92 Å². The smallest absolute Gasteiger partial charge is 0.341 e. The summed E-state index contributed by atoms with van der Waals surface area (Å²) < 4.78 is 17.0. The number of rotatable bonds is 7. The molecule has 2 heterocycles. The normalized spacial score (nSPS) is 11.0. The minimum Gasteiger partial charge on any atom is -0.465 e. The molecule has 25 heavy (non-hydrogen) atoms. The molecule has 0 radical (unpaired) electrons. The maximum Gasteiger partial charge on any atom is 0.341 e. The van der Waals surface area contributed by atoms with Crippen LogP contribution in [0.25, 0.3) is 0 Å². The summed E-state index contributed by atoms with van der Waals surface area (Å²) in [4.78, 5) is 23.8. The highest BCUT2D eigenvalue weighted by Crippen LogP contribution is 2.17. The van der Waals surface area contributed by atoms with Gasteiger partial charge in [0.05, 0.1) is 25.5 Å². The molecule has 0 saturated heterocycles. The Hall–Kier alpha value is -2.57. The molecule has 136 valence electrons. The Labute approximate surface area is 146 Å². The fraction of sp³-hybridized carbons (Fsp3) is 0.500. The van der Waals surface area contributed by atoms with Crippen LogP contribution < -0.4 is 0 Å². The lowest BCUT2D eigenvalue weighted by Crippen LogP contribution is -2.12. The number of aryl methyl sites for hydroxylation is 1. The first kappa shape index (κ1) is 18.8. The van der Waals surface area contributed by atoms with Crippen LogP contribution in [0.2, 0.25) is 0 Å². The van der Waals surface area contributed by atoms with Crippen LogP contribution in [-0.4, -0.2) is 28.8 Å². The van der Waals surface area contributed by atoms with Gasteiger partial charge in [-0.25, -0.2) is 4.79 Å². The number of carbonyl (C=O) groups excluding carboxylic acids is 2. The molecule has 0 N–H and O–H groups in total. The van der Waals surface area contributed by atoms with Gasteiger partial charge in [0.15, 0.2) is 5.76 Å². The first-order valence-electron chi connectivity index (χ1n) is 8.16. The van der Waals surface area contributed by atoms with Crippen molar-refractivity contribution in [2.75, 3.05) is 7.11 Å². The van der Waals surface area contributed by atoms with Crippen LogP contribution in [0.5, 0.6) is 0 Å². The maximum atomic E-state index is 12.2. The first-order chi connectivity index (χ1) is 11.8. The van der Waals surface area contributed by atoms with Gasteiger partial charge in [0, 0.05) is 17.8 Å². The number of hydrogen-bond acceptors (Lipinski definition) is 6. The van der Waals surface area contributed by atoms with E-state index in [9.17, 15) is 9.59 Å². The van der Waals surface area contributed by atoms with Gasteiger partial charge in [-0.15, -0.1) is 0 Å². The summed E-state index contributed by atoms with van der Waals surface area (Å²) in [5.74, 6) is -0.193. The summed E-state index contributed by atoms with van der Waals surface area (Å²) in [7, 11) is 1.28. The van der Waals surface area contributed by atoms with Crippen LogP contribution in [0, 0.1) is 19.8 Å². The topological polar surface area (TPSA) is 83.6 Å². The Morgan fingerprint density at radius 2 is 2.04 bits per heavy atom. The third kappa shape index (κ3) is 4.49. The number of ether oxygens (including phenoxy) is 2. The molecule has 0 atom stereocenters. The van der Waals surface area contributed by atoms with Gasteiger partial charge in [-0.05, 0) is 25.8 Å². The number of methoxy groups -OCH3 is 1. The van der Waals surface area contributed by atoms with E-state index in [0.717, 1.165) is 23.5 Å². The fourth-order valence-electron chi connectivity index (χ4n) is 2.60. The van der Waals surface area contributed by atoms with E-state index in [1.165, 1.54) is 19.4 Å². The molecule has 0 bridgehead atoms. The summed E-state index contributed by atoms with van der Waals surface area (Å²) in [6.07, 6.45) is 1.49. The van der Waals surface area contributed by atoms with Crippen molar-refractivity contribution in [2.24, 2.45) is 5.92 Å². The van der Waals surface area contributed by atoms with Crippen LogP contribution in [0.1, 0.15) is 46.9 Å². The number of hydrogen-bond donors (Lipinski definition) is 0. The van der Waals surface area contributed by atoms with Gasteiger partial charge in [-0.1, -0.05) is 13.8 Å². The first-order valence-corrected chi connectivity index (χ1v) is 8.16. The van der Waals surface area contributed by atoms with Gasteiger partial charge in [-0.3, -0.25) is 9.48 Å². The summed E-state index contributed by atoms with van der Waals surface area (Å²) in [6.45, 7) is 8.76. The van der Waals surface area contributed by atoms with E-state index in [-0.39, 0.29) is 24.4 Å². The molecule has 7 heteroatoms. The average molecular weight is 348 g/mol. The van der Waals surface area contributed by atoms with Crippen molar-refractivity contribution in [3.63, 3.8) is 0 Å². The minimum atomic E-state index is -0.526. The SMILES string of the molecule is COC(=O)c1ccoc1COC(=O)Cc1c(C)nn(CC(C)C)c1C. The Morgan fingerprint density at radius 1 is 1.32 bits per heavy atom. The second-order valence-electron chi connectivity index (χ2n) is 6.31. The molecule has 0 aliphatic heterocycles. The Balaban J connectivity index is 2.01. The van der Waals surface area contributed by atoms with E-state index in [4.69, 9.17) is 9.15 Å². The van der Waals surface area contributed by atoms with Crippen molar-refractivity contribution in [3.8, 4) is 0 Å². The van der Waals surface area contributed by atoms with Gasteiger partial charge in [0.2, 0.25) is 0 Å².